The molecule has 0 amide bonds. The molecule has 0 aromatic carbocycles. The van der Waals surface area contributed by atoms with Crippen molar-refractivity contribution in [3.63, 3.8) is 0 Å². The van der Waals surface area contributed by atoms with Crippen molar-refractivity contribution in [3.05, 3.63) is 0 Å². The Morgan fingerprint density at radius 2 is 2.12 bits per heavy atom. The molecule has 17 heavy (non-hydrogen) atoms. The van der Waals surface area contributed by atoms with Crippen molar-refractivity contribution in [1.29, 1.82) is 0 Å². The fraction of sp³-hybridized carbons (Fsp3) is 1.00. The zero-order valence-corrected chi connectivity index (χ0v) is 11.6. The van der Waals surface area contributed by atoms with Gasteiger partial charge >= 0.3 is 0 Å². The van der Waals surface area contributed by atoms with E-state index < -0.39 is 0 Å². The minimum atomic E-state index is 0.392. The highest BCUT2D eigenvalue weighted by Crippen LogP contribution is 2.20. The molecule has 2 rings (SSSR count). The van der Waals surface area contributed by atoms with E-state index in [2.05, 4.69) is 31.0 Å². The minimum Gasteiger partial charge on any atom is -0.377 e. The summed E-state index contributed by atoms with van der Waals surface area (Å²) in [6, 6.07) is 1.49. The van der Waals surface area contributed by atoms with Crippen LogP contribution >= 0.6 is 0 Å². The predicted octanol–water partition coefficient (Wildman–Crippen LogP) is 1.87. The second-order valence-electron chi connectivity index (χ2n) is 5.93. The number of hydrogen-bond acceptors (Lipinski definition) is 3. The number of ether oxygens (including phenoxy) is 1. The molecule has 1 aliphatic heterocycles. The van der Waals surface area contributed by atoms with Gasteiger partial charge in [0.05, 0.1) is 6.10 Å². The first-order chi connectivity index (χ1) is 8.16. The lowest BCUT2D eigenvalue weighted by Crippen LogP contribution is -2.44. The molecule has 0 radical (unpaired) electrons. The fourth-order valence-electron chi connectivity index (χ4n) is 2.57. The summed E-state index contributed by atoms with van der Waals surface area (Å²) in [6.07, 6.45) is 4.34. The quantitative estimate of drug-likeness (QED) is 0.794. The Labute approximate surface area is 106 Å². The van der Waals surface area contributed by atoms with Gasteiger partial charge < -0.3 is 10.1 Å². The van der Waals surface area contributed by atoms with Crippen LogP contribution in [0.5, 0.6) is 0 Å². The molecule has 0 aromatic heterocycles. The molecular weight excluding hydrogens is 212 g/mol. The van der Waals surface area contributed by atoms with Gasteiger partial charge in [-0.25, -0.2) is 0 Å². The van der Waals surface area contributed by atoms with E-state index in [4.69, 9.17) is 4.74 Å². The molecule has 1 saturated carbocycles. The molecule has 3 heteroatoms. The second kappa shape index (κ2) is 6.17. The minimum absolute atomic E-state index is 0.392. The van der Waals surface area contributed by atoms with Gasteiger partial charge in [-0.15, -0.1) is 0 Å². The van der Waals surface area contributed by atoms with E-state index >= 15 is 0 Å². The van der Waals surface area contributed by atoms with Gasteiger partial charge in [0.1, 0.15) is 0 Å². The zero-order valence-electron chi connectivity index (χ0n) is 11.6. The van der Waals surface area contributed by atoms with Gasteiger partial charge in [0.15, 0.2) is 0 Å². The van der Waals surface area contributed by atoms with Gasteiger partial charge in [0.25, 0.3) is 0 Å². The Bertz CT molecular complexity index is 230. The van der Waals surface area contributed by atoms with Gasteiger partial charge in [0, 0.05) is 31.8 Å². The molecule has 0 aromatic rings. The van der Waals surface area contributed by atoms with Crippen molar-refractivity contribution in [2.75, 3.05) is 26.2 Å². The predicted molar refractivity (Wildman–Crippen MR) is 71.3 cm³/mol. The van der Waals surface area contributed by atoms with E-state index in [-0.39, 0.29) is 0 Å². The van der Waals surface area contributed by atoms with E-state index in [1.54, 1.807) is 0 Å². The molecule has 3 atom stereocenters. The number of nitrogens with zero attached hydrogens (tertiary/aromatic N) is 1. The van der Waals surface area contributed by atoms with Crippen molar-refractivity contribution in [2.45, 2.75) is 58.2 Å². The summed E-state index contributed by atoms with van der Waals surface area (Å²) in [5, 5.41) is 3.65. The van der Waals surface area contributed by atoms with Gasteiger partial charge in [-0.2, -0.15) is 0 Å². The molecule has 3 unspecified atom stereocenters. The van der Waals surface area contributed by atoms with E-state index in [9.17, 15) is 0 Å². The Kier molecular flexibility index (Phi) is 4.83. The van der Waals surface area contributed by atoms with Crippen molar-refractivity contribution in [2.24, 2.45) is 5.92 Å². The molecule has 2 aliphatic rings. The largest absolute Gasteiger partial charge is 0.377 e. The highest BCUT2D eigenvalue weighted by Gasteiger charge is 2.26. The Morgan fingerprint density at radius 1 is 1.35 bits per heavy atom. The molecule has 3 nitrogen and oxygen atoms in total. The third-order valence-electron chi connectivity index (χ3n) is 4.19. The lowest BCUT2D eigenvalue weighted by molar-refractivity contribution is 0.0567. The second-order valence-corrected chi connectivity index (χ2v) is 5.93. The molecule has 1 N–H and O–H groups in total. The van der Waals surface area contributed by atoms with Gasteiger partial charge in [-0.3, -0.25) is 4.90 Å². The summed E-state index contributed by atoms with van der Waals surface area (Å²) in [5.41, 5.74) is 0. The Hall–Kier alpha value is -0.120. The summed E-state index contributed by atoms with van der Waals surface area (Å²) >= 11 is 0. The first-order valence-electron chi connectivity index (χ1n) is 7.26. The molecule has 1 aliphatic carbocycles. The third kappa shape index (κ3) is 4.23. The summed E-state index contributed by atoms with van der Waals surface area (Å²) in [7, 11) is 0. The average Bonchev–Trinajstić information content (AvgIpc) is 3.12. The molecule has 2 fully saturated rings. The lowest BCUT2D eigenvalue weighted by Gasteiger charge is -2.33. The average molecular weight is 240 g/mol. The number of nitrogens with one attached hydrogen (secondary N) is 1. The first kappa shape index (κ1) is 13.3. The van der Waals surface area contributed by atoms with E-state index in [0.717, 1.165) is 31.7 Å². The van der Waals surface area contributed by atoms with Crippen LogP contribution in [0.3, 0.4) is 0 Å². The molecular formula is C14H28N2O. The Morgan fingerprint density at radius 3 is 2.82 bits per heavy atom. The highest BCUT2D eigenvalue weighted by molar-refractivity contribution is 4.84. The van der Waals surface area contributed by atoms with Gasteiger partial charge in [0.2, 0.25) is 0 Å². The summed E-state index contributed by atoms with van der Waals surface area (Å²) in [5.74, 6) is 0.723. The van der Waals surface area contributed by atoms with Crippen LogP contribution < -0.4 is 5.32 Å². The number of hydrogen-bond donors (Lipinski definition) is 1. The van der Waals surface area contributed by atoms with Crippen molar-refractivity contribution in [3.8, 4) is 0 Å². The Balaban J connectivity index is 1.76. The normalized spacial score (nSPS) is 30.9. The fourth-order valence-corrected chi connectivity index (χ4v) is 2.57. The van der Waals surface area contributed by atoms with E-state index in [1.165, 1.54) is 25.8 Å². The van der Waals surface area contributed by atoms with Crippen molar-refractivity contribution < 1.29 is 4.74 Å². The van der Waals surface area contributed by atoms with Crippen LogP contribution in [-0.2, 0) is 4.74 Å². The monoisotopic (exact) mass is 240 g/mol. The summed E-state index contributed by atoms with van der Waals surface area (Å²) in [4.78, 5) is 2.61. The van der Waals surface area contributed by atoms with Crippen molar-refractivity contribution >= 4 is 0 Å². The molecule has 1 heterocycles. The van der Waals surface area contributed by atoms with Gasteiger partial charge in [-0.05, 0) is 45.6 Å². The lowest BCUT2D eigenvalue weighted by atomic mass is 10.0. The van der Waals surface area contributed by atoms with Crippen LogP contribution in [0.1, 0.15) is 40.0 Å². The summed E-state index contributed by atoms with van der Waals surface area (Å²) < 4.78 is 5.71. The first-order valence-corrected chi connectivity index (χ1v) is 7.26. The van der Waals surface area contributed by atoms with Gasteiger partial charge in [-0.1, -0.05) is 6.92 Å². The maximum Gasteiger partial charge on any atom is 0.0674 e. The molecule has 0 bridgehead atoms. The van der Waals surface area contributed by atoms with E-state index in [1.807, 2.05) is 0 Å². The van der Waals surface area contributed by atoms with E-state index in [0.29, 0.717) is 12.1 Å². The maximum atomic E-state index is 5.71. The van der Waals surface area contributed by atoms with Crippen LogP contribution in [0.4, 0.5) is 0 Å². The van der Waals surface area contributed by atoms with Crippen LogP contribution in [0.15, 0.2) is 0 Å². The smallest absolute Gasteiger partial charge is 0.0674 e. The standard InChI is InChI=1S/C14H28N2O/c1-11(9-15-14-5-6-14)13(3)16-7-4-8-17-12(2)10-16/h11-15H,4-10H2,1-3H3. The maximum absolute atomic E-state index is 5.71. The zero-order chi connectivity index (χ0) is 12.3. The highest BCUT2D eigenvalue weighted by atomic mass is 16.5. The topological polar surface area (TPSA) is 24.5 Å². The van der Waals surface area contributed by atoms with Crippen LogP contribution in [0, 0.1) is 5.92 Å². The molecule has 0 spiro atoms. The van der Waals surface area contributed by atoms with Crippen molar-refractivity contribution in [1.82, 2.24) is 10.2 Å². The third-order valence-corrected chi connectivity index (χ3v) is 4.19. The van der Waals surface area contributed by atoms with Crippen LogP contribution in [0.2, 0.25) is 0 Å². The van der Waals surface area contributed by atoms with Crippen LogP contribution in [-0.4, -0.2) is 49.3 Å². The SMILES string of the molecule is CC1CN(C(C)C(C)CNC2CC2)CCCO1. The molecule has 100 valence electrons. The molecule has 1 saturated heterocycles. The summed E-state index contributed by atoms with van der Waals surface area (Å²) in [6.45, 7) is 11.3. The van der Waals surface area contributed by atoms with Crippen LogP contribution in [0.25, 0.3) is 0 Å². The number of rotatable bonds is 5.